The Hall–Kier alpha value is -2.30. The molecule has 0 saturated heterocycles. The number of rotatable bonds is 4. The number of hydrogen-bond donors (Lipinski definition) is 2. The van der Waals surface area contributed by atoms with Crippen molar-refractivity contribution in [1.29, 1.82) is 0 Å². The summed E-state index contributed by atoms with van der Waals surface area (Å²) in [7, 11) is 0. The Morgan fingerprint density at radius 2 is 1.88 bits per heavy atom. The van der Waals surface area contributed by atoms with Crippen molar-refractivity contribution in [2.24, 2.45) is 5.92 Å². The molecule has 5 heteroatoms. The molecule has 0 spiro atoms. The molecule has 1 aliphatic carbocycles. The molecule has 0 radical (unpaired) electrons. The van der Waals surface area contributed by atoms with E-state index in [1.807, 2.05) is 24.3 Å². The van der Waals surface area contributed by atoms with Crippen molar-refractivity contribution in [2.45, 2.75) is 52.1 Å². The van der Waals surface area contributed by atoms with Crippen LogP contribution in [0.25, 0.3) is 10.8 Å². The van der Waals surface area contributed by atoms with Gasteiger partial charge >= 0.3 is 6.03 Å². The predicted octanol–water partition coefficient (Wildman–Crippen LogP) is 3.72. The van der Waals surface area contributed by atoms with Gasteiger partial charge in [-0.25, -0.2) is 4.79 Å². The Bertz CT molecular complexity index is 789. The molecule has 24 heavy (non-hydrogen) atoms. The van der Waals surface area contributed by atoms with Crippen molar-refractivity contribution in [1.82, 2.24) is 9.88 Å². The summed E-state index contributed by atoms with van der Waals surface area (Å²) in [6.07, 6.45) is 6.20. The second-order valence-electron chi connectivity index (χ2n) is 7.02. The lowest BCUT2D eigenvalue weighted by Gasteiger charge is -2.16. The summed E-state index contributed by atoms with van der Waals surface area (Å²) < 4.78 is 1.69. The SMILES string of the molecule is CC(C)Cn1cc(NC(=O)NC2CCCC2)c2ccccc2c1=O. The highest BCUT2D eigenvalue weighted by Gasteiger charge is 2.18. The second-order valence-corrected chi connectivity index (χ2v) is 7.02. The van der Waals surface area contributed by atoms with Gasteiger partial charge in [0.25, 0.3) is 5.56 Å². The number of pyridine rings is 1. The minimum Gasteiger partial charge on any atom is -0.335 e. The van der Waals surface area contributed by atoms with Gasteiger partial charge in [-0.2, -0.15) is 0 Å². The zero-order valence-corrected chi connectivity index (χ0v) is 14.3. The third-order valence-corrected chi connectivity index (χ3v) is 4.49. The molecule has 0 aliphatic heterocycles. The fourth-order valence-electron chi connectivity index (χ4n) is 3.39. The fraction of sp³-hybridized carbons (Fsp3) is 0.474. The van der Waals surface area contributed by atoms with Gasteiger partial charge in [-0.15, -0.1) is 0 Å². The van der Waals surface area contributed by atoms with E-state index in [4.69, 9.17) is 0 Å². The van der Waals surface area contributed by atoms with Crippen LogP contribution in [-0.2, 0) is 6.54 Å². The van der Waals surface area contributed by atoms with Crippen LogP contribution in [0, 0.1) is 5.92 Å². The molecule has 2 N–H and O–H groups in total. The number of nitrogens with zero attached hydrogens (tertiary/aromatic N) is 1. The van der Waals surface area contributed by atoms with Crippen LogP contribution >= 0.6 is 0 Å². The lowest BCUT2D eigenvalue weighted by Crippen LogP contribution is -2.36. The summed E-state index contributed by atoms with van der Waals surface area (Å²) in [5.74, 6) is 0.351. The van der Waals surface area contributed by atoms with Gasteiger partial charge in [0.1, 0.15) is 0 Å². The maximum absolute atomic E-state index is 12.6. The summed E-state index contributed by atoms with van der Waals surface area (Å²) in [6.45, 7) is 4.77. The van der Waals surface area contributed by atoms with Crippen LogP contribution in [0.1, 0.15) is 39.5 Å². The van der Waals surface area contributed by atoms with Crippen LogP contribution in [0.4, 0.5) is 10.5 Å². The van der Waals surface area contributed by atoms with Crippen molar-refractivity contribution in [3.8, 4) is 0 Å². The second kappa shape index (κ2) is 7.07. The molecule has 5 nitrogen and oxygen atoms in total. The lowest BCUT2D eigenvalue weighted by atomic mass is 10.1. The van der Waals surface area contributed by atoms with E-state index in [1.54, 1.807) is 10.8 Å². The number of fused-ring (bicyclic) bond motifs is 1. The van der Waals surface area contributed by atoms with Gasteiger partial charge in [0.05, 0.1) is 5.69 Å². The number of anilines is 1. The van der Waals surface area contributed by atoms with Gasteiger partial charge < -0.3 is 15.2 Å². The molecule has 1 aromatic heterocycles. The van der Waals surface area contributed by atoms with E-state index < -0.39 is 0 Å². The Kier molecular flexibility index (Phi) is 4.88. The molecule has 3 rings (SSSR count). The third kappa shape index (κ3) is 3.61. The number of urea groups is 1. The summed E-state index contributed by atoms with van der Waals surface area (Å²) in [5.41, 5.74) is 0.669. The number of nitrogens with one attached hydrogen (secondary N) is 2. The molecular formula is C19H25N3O2. The average molecular weight is 327 g/mol. The summed E-state index contributed by atoms with van der Waals surface area (Å²) in [5, 5.41) is 7.39. The zero-order chi connectivity index (χ0) is 17.1. The largest absolute Gasteiger partial charge is 0.335 e. The molecule has 0 bridgehead atoms. The van der Waals surface area contributed by atoms with E-state index in [-0.39, 0.29) is 17.6 Å². The molecule has 128 valence electrons. The van der Waals surface area contributed by atoms with E-state index in [0.29, 0.717) is 23.5 Å². The first kappa shape index (κ1) is 16.6. The van der Waals surface area contributed by atoms with Gasteiger partial charge in [-0.3, -0.25) is 4.79 Å². The van der Waals surface area contributed by atoms with Gasteiger partial charge in [0.2, 0.25) is 0 Å². The van der Waals surface area contributed by atoms with E-state index in [2.05, 4.69) is 24.5 Å². The third-order valence-electron chi connectivity index (χ3n) is 4.49. The molecule has 1 aromatic carbocycles. The molecule has 1 fully saturated rings. The standard InChI is InChI=1S/C19H25N3O2/c1-13(2)11-22-12-17(15-9-5-6-10-16(15)18(22)23)21-19(24)20-14-7-3-4-8-14/h5-6,9-10,12-14H,3-4,7-8,11H2,1-2H3,(H2,20,21,24). The first-order valence-corrected chi connectivity index (χ1v) is 8.74. The summed E-state index contributed by atoms with van der Waals surface area (Å²) in [6, 6.07) is 7.50. The van der Waals surface area contributed by atoms with E-state index in [1.165, 1.54) is 12.8 Å². The van der Waals surface area contributed by atoms with E-state index in [0.717, 1.165) is 18.2 Å². The highest BCUT2D eigenvalue weighted by Crippen LogP contribution is 2.22. The Labute approximate surface area is 142 Å². The van der Waals surface area contributed by atoms with Gasteiger partial charge in [-0.05, 0) is 24.8 Å². The molecule has 1 aliphatic rings. The normalized spacial score (nSPS) is 15.1. The monoisotopic (exact) mass is 327 g/mol. The van der Waals surface area contributed by atoms with Gasteiger partial charge in [-0.1, -0.05) is 44.9 Å². The molecule has 0 atom stereocenters. The number of aromatic nitrogens is 1. The first-order chi connectivity index (χ1) is 11.5. The Balaban J connectivity index is 1.91. The lowest BCUT2D eigenvalue weighted by molar-refractivity contribution is 0.248. The van der Waals surface area contributed by atoms with Gasteiger partial charge in [0.15, 0.2) is 0 Å². The first-order valence-electron chi connectivity index (χ1n) is 8.74. The average Bonchev–Trinajstić information content (AvgIpc) is 3.04. The van der Waals surface area contributed by atoms with Crippen LogP contribution in [0.15, 0.2) is 35.3 Å². The number of benzene rings is 1. The molecular weight excluding hydrogens is 302 g/mol. The quantitative estimate of drug-likeness (QED) is 0.899. The number of hydrogen-bond acceptors (Lipinski definition) is 2. The summed E-state index contributed by atoms with van der Waals surface area (Å²) >= 11 is 0. The van der Waals surface area contributed by atoms with Crippen molar-refractivity contribution in [3.05, 3.63) is 40.8 Å². The Morgan fingerprint density at radius 1 is 1.21 bits per heavy atom. The maximum atomic E-state index is 12.6. The number of amides is 2. The zero-order valence-electron chi connectivity index (χ0n) is 14.3. The predicted molar refractivity (Wildman–Crippen MR) is 97.5 cm³/mol. The van der Waals surface area contributed by atoms with Gasteiger partial charge in [0, 0.05) is 29.6 Å². The van der Waals surface area contributed by atoms with Crippen molar-refractivity contribution in [3.63, 3.8) is 0 Å². The molecule has 2 aromatic rings. The molecule has 2 amide bonds. The highest BCUT2D eigenvalue weighted by atomic mass is 16.2. The topological polar surface area (TPSA) is 63.1 Å². The van der Waals surface area contributed by atoms with Crippen molar-refractivity contribution >= 4 is 22.5 Å². The highest BCUT2D eigenvalue weighted by molar-refractivity contribution is 6.01. The van der Waals surface area contributed by atoms with Crippen LogP contribution in [0.2, 0.25) is 0 Å². The Morgan fingerprint density at radius 3 is 2.54 bits per heavy atom. The van der Waals surface area contributed by atoms with Crippen LogP contribution in [0.3, 0.4) is 0 Å². The van der Waals surface area contributed by atoms with Crippen molar-refractivity contribution < 1.29 is 4.79 Å². The van der Waals surface area contributed by atoms with E-state index in [9.17, 15) is 9.59 Å². The maximum Gasteiger partial charge on any atom is 0.319 e. The molecule has 1 saturated carbocycles. The van der Waals surface area contributed by atoms with Crippen molar-refractivity contribution in [2.75, 3.05) is 5.32 Å². The van der Waals surface area contributed by atoms with Crippen LogP contribution in [-0.4, -0.2) is 16.6 Å². The van der Waals surface area contributed by atoms with E-state index >= 15 is 0 Å². The molecule has 1 heterocycles. The minimum absolute atomic E-state index is 0.0129. The smallest absolute Gasteiger partial charge is 0.319 e. The summed E-state index contributed by atoms with van der Waals surface area (Å²) in [4.78, 5) is 24.9. The fourth-order valence-corrected chi connectivity index (χ4v) is 3.39. The number of carbonyl (C=O) groups is 1. The number of carbonyl (C=O) groups excluding carboxylic acids is 1. The van der Waals surface area contributed by atoms with Crippen LogP contribution < -0.4 is 16.2 Å². The molecule has 0 unspecified atom stereocenters. The minimum atomic E-state index is -0.193. The van der Waals surface area contributed by atoms with Crippen LogP contribution in [0.5, 0.6) is 0 Å².